The Hall–Kier alpha value is -0.763. The van der Waals surface area contributed by atoms with E-state index < -0.39 is 25.6 Å². The van der Waals surface area contributed by atoms with Crippen LogP contribution in [0.2, 0.25) is 18.1 Å². The van der Waals surface area contributed by atoms with Crippen LogP contribution in [0.3, 0.4) is 0 Å². The van der Waals surface area contributed by atoms with Crippen LogP contribution in [0.5, 0.6) is 0 Å². The Morgan fingerprint density at radius 1 is 1.10 bits per heavy atom. The number of hydrogen-bond donors (Lipinski definition) is 2. The van der Waals surface area contributed by atoms with Crippen molar-refractivity contribution >= 4 is 8.32 Å². The first-order chi connectivity index (χ1) is 18.1. The molecule has 39 heavy (non-hydrogen) atoms. The van der Waals surface area contributed by atoms with Crippen molar-refractivity contribution in [1.82, 2.24) is 0 Å². The van der Waals surface area contributed by atoms with Crippen molar-refractivity contribution < 1.29 is 24.1 Å². The van der Waals surface area contributed by atoms with Gasteiger partial charge in [0.2, 0.25) is 0 Å². The molecule has 2 rings (SSSR count). The molecule has 1 aromatic carbocycles. The molecule has 6 heteroatoms. The molecular weight excluding hydrogens is 504 g/mol. The lowest BCUT2D eigenvalue weighted by molar-refractivity contribution is -0.159. The molecule has 0 radical (unpaired) electrons. The minimum atomic E-state index is -2.17. The maximum Gasteiger partial charge on any atom is 0.192 e. The lowest BCUT2D eigenvalue weighted by Gasteiger charge is -2.50. The summed E-state index contributed by atoms with van der Waals surface area (Å²) in [5, 5.41) is 21.8. The molecule has 0 spiro atoms. The van der Waals surface area contributed by atoms with Crippen molar-refractivity contribution in [3.63, 3.8) is 0 Å². The summed E-state index contributed by atoms with van der Waals surface area (Å²) < 4.78 is 20.6. The van der Waals surface area contributed by atoms with Crippen LogP contribution in [0, 0.1) is 17.8 Å². The van der Waals surface area contributed by atoms with Crippen LogP contribution in [0.4, 0.5) is 0 Å². The molecule has 0 bridgehead atoms. The van der Waals surface area contributed by atoms with Crippen LogP contribution in [0.1, 0.15) is 100.0 Å². The van der Waals surface area contributed by atoms with Crippen molar-refractivity contribution in [2.24, 2.45) is 17.8 Å². The summed E-state index contributed by atoms with van der Waals surface area (Å²) in [4.78, 5) is 0. The zero-order valence-electron chi connectivity index (χ0n) is 26.9. The molecule has 1 heterocycles. The van der Waals surface area contributed by atoms with Crippen molar-refractivity contribution in [3.05, 3.63) is 35.9 Å². The highest BCUT2D eigenvalue weighted by molar-refractivity contribution is 6.74. The molecule has 1 aromatic rings. The summed E-state index contributed by atoms with van der Waals surface area (Å²) in [6, 6.07) is 10.3. The van der Waals surface area contributed by atoms with Gasteiger partial charge in [0, 0.05) is 12.5 Å². The number of rotatable bonds is 15. The van der Waals surface area contributed by atoms with Crippen molar-refractivity contribution in [1.29, 1.82) is 0 Å². The molecule has 0 aromatic heterocycles. The topological polar surface area (TPSA) is 68.2 Å². The largest absolute Gasteiger partial charge is 0.409 e. The van der Waals surface area contributed by atoms with Gasteiger partial charge in [0.15, 0.2) is 8.32 Å². The van der Waals surface area contributed by atoms with Crippen LogP contribution >= 0.6 is 0 Å². The molecule has 226 valence electrons. The summed E-state index contributed by atoms with van der Waals surface area (Å²) in [5.74, 6) is 0.317. The SMILES string of the molecule is CC[C@@H](CO)[C@H]1O[C@](C)([C@H](O)[C@H](C)C[C@@](CC)(O[Si](C)(C)C(C)(C)C)[C@H](CC)OCc2ccccc2)C[C@@H]1C. The zero-order chi connectivity index (χ0) is 29.6. The summed E-state index contributed by atoms with van der Waals surface area (Å²) >= 11 is 0. The molecule has 1 saturated heterocycles. The Morgan fingerprint density at radius 2 is 1.72 bits per heavy atom. The Bertz CT molecular complexity index is 851. The minimum Gasteiger partial charge on any atom is -0.409 e. The highest BCUT2D eigenvalue weighted by atomic mass is 28.4. The van der Waals surface area contributed by atoms with Gasteiger partial charge in [-0.2, -0.15) is 0 Å². The Labute approximate surface area is 241 Å². The molecule has 2 N–H and O–H groups in total. The summed E-state index contributed by atoms with van der Waals surface area (Å²) in [7, 11) is -2.17. The van der Waals surface area contributed by atoms with Gasteiger partial charge in [-0.15, -0.1) is 0 Å². The van der Waals surface area contributed by atoms with Gasteiger partial charge in [-0.05, 0) is 74.6 Å². The van der Waals surface area contributed by atoms with Crippen molar-refractivity contribution in [2.75, 3.05) is 6.61 Å². The van der Waals surface area contributed by atoms with Gasteiger partial charge < -0.3 is 24.1 Å². The Kier molecular flexibility index (Phi) is 12.3. The third-order valence-corrected chi connectivity index (χ3v) is 14.4. The fourth-order valence-electron chi connectivity index (χ4n) is 6.46. The van der Waals surface area contributed by atoms with Crippen LogP contribution in [0.25, 0.3) is 0 Å². The molecule has 1 aliphatic rings. The van der Waals surface area contributed by atoms with E-state index in [4.69, 9.17) is 13.9 Å². The second-order valence-corrected chi connectivity index (χ2v) is 18.8. The van der Waals surface area contributed by atoms with Crippen LogP contribution in [0.15, 0.2) is 30.3 Å². The quantitative estimate of drug-likeness (QED) is 0.213. The van der Waals surface area contributed by atoms with E-state index >= 15 is 0 Å². The smallest absolute Gasteiger partial charge is 0.192 e. The highest BCUT2D eigenvalue weighted by Gasteiger charge is 2.53. The van der Waals surface area contributed by atoms with Crippen molar-refractivity contribution in [3.8, 4) is 0 Å². The normalized spacial score (nSPS) is 27.1. The summed E-state index contributed by atoms with van der Waals surface area (Å²) in [6.07, 6.45) is 3.19. The predicted octanol–water partition coefficient (Wildman–Crippen LogP) is 7.74. The predicted molar refractivity (Wildman–Crippen MR) is 164 cm³/mol. The van der Waals surface area contributed by atoms with E-state index in [9.17, 15) is 10.2 Å². The van der Waals surface area contributed by atoms with Crippen LogP contribution in [-0.4, -0.2) is 54.7 Å². The molecule has 5 nitrogen and oxygen atoms in total. The number of ether oxygens (including phenoxy) is 2. The summed E-state index contributed by atoms with van der Waals surface area (Å²) in [6.45, 7) is 25.0. The lowest BCUT2D eigenvalue weighted by atomic mass is 9.76. The van der Waals surface area contributed by atoms with Gasteiger partial charge in [-0.1, -0.05) is 85.7 Å². The van der Waals surface area contributed by atoms with Gasteiger partial charge in [0.05, 0.1) is 36.1 Å². The van der Waals surface area contributed by atoms with Gasteiger partial charge in [0.25, 0.3) is 0 Å². The van der Waals surface area contributed by atoms with E-state index in [0.717, 1.165) is 31.2 Å². The molecule has 0 amide bonds. The number of benzene rings is 1. The summed E-state index contributed by atoms with van der Waals surface area (Å²) in [5.41, 5.74) is -0.0262. The number of hydrogen-bond acceptors (Lipinski definition) is 5. The molecule has 1 fully saturated rings. The Morgan fingerprint density at radius 3 is 2.21 bits per heavy atom. The first kappa shape index (κ1) is 34.4. The second-order valence-electron chi connectivity index (χ2n) is 14.0. The molecule has 8 atom stereocenters. The maximum absolute atomic E-state index is 11.8. The maximum atomic E-state index is 11.8. The molecule has 1 aliphatic heterocycles. The third kappa shape index (κ3) is 8.17. The third-order valence-electron chi connectivity index (χ3n) is 9.86. The van der Waals surface area contributed by atoms with E-state index in [0.29, 0.717) is 13.0 Å². The van der Waals surface area contributed by atoms with Crippen molar-refractivity contribution in [2.45, 2.75) is 149 Å². The average molecular weight is 565 g/mol. The van der Waals surface area contributed by atoms with Gasteiger partial charge in [0.1, 0.15) is 0 Å². The van der Waals surface area contributed by atoms with Crippen LogP contribution < -0.4 is 0 Å². The van der Waals surface area contributed by atoms with Crippen LogP contribution in [-0.2, 0) is 20.5 Å². The molecular formula is C33H60O5Si. The van der Waals surface area contributed by atoms with E-state index in [1.54, 1.807) is 0 Å². The number of aliphatic hydroxyl groups excluding tert-OH is 2. The standard InChI is InChI=1S/C33H60O5Si/c1-12-27(22-34)29-24(4)20-32(9,37-29)30(35)25(5)21-33(14-3,38-39(10,11)31(6,7)8)28(13-2)36-23-26-18-16-15-17-19-26/h15-19,24-25,27-30,34-35H,12-14,20-23H2,1-11H3/t24-,25+,27-,28-,29-,30+,32-,33+/m0/s1. The molecule has 0 saturated carbocycles. The lowest BCUT2D eigenvalue weighted by Crippen LogP contribution is -2.57. The minimum absolute atomic E-state index is 0.0381. The van der Waals surface area contributed by atoms with Gasteiger partial charge in [-0.25, -0.2) is 0 Å². The van der Waals surface area contributed by atoms with Gasteiger partial charge in [-0.3, -0.25) is 0 Å². The van der Waals surface area contributed by atoms with E-state index in [2.05, 4.69) is 87.5 Å². The van der Waals surface area contributed by atoms with Gasteiger partial charge >= 0.3 is 0 Å². The van der Waals surface area contributed by atoms with E-state index in [1.165, 1.54) is 0 Å². The first-order valence-electron chi connectivity index (χ1n) is 15.4. The second kappa shape index (κ2) is 13.9. The number of aliphatic hydroxyl groups is 2. The van der Waals surface area contributed by atoms with E-state index in [1.807, 2.05) is 18.2 Å². The Balaban J connectivity index is 2.37. The zero-order valence-corrected chi connectivity index (χ0v) is 27.9. The monoisotopic (exact) mass is 564 g/mol. The fraction of sp³-hybridized carbons (Fsp3) is 0.818. The first-order valence-corrected chi connectivity index (χ1v) is 18.3. The molecule has 0 unspecified atom stereocenters. The highest BCUT2D eigenvalue weighted by Crippen LogP contribution is 2.47. The van der Waals surface area contributed by atoms with E-state index in [-0.39, 0.29) is 41.6 Å². The average Bonchev–Trinajstić information content (AvgIpc) is 3.19. The fourth-order valence-corrected chi connectivity index (χ4v) is 8.14. The molecule has 0 aliphatic carbocycles.